The third-order valence-corrected chi connectivity index (χ3v) is 7.30. The van der Waals surface area contributed by atoms with Crippen LogP contribution in [0.2, 0.25) is 0 Å². The Bertz CT molecular complexity index is 1200. The first kappa shape index (κ1) is 22.3. The van der Waals surface area contributed by atoms with Crippen molar-refractivity contribution in [3.8, 4) is 11.1 Å². The maximum atomic E-state index is 13.7. The number of nitrogens with zero attached hydrogens (tertiary/aromatic N) is 3. The van der Waals surface area contributed by atoms with Crippen molar-refractivity contribution in [1.29, 1.82) is 0 Å². The van der Waals surface area contributed by atoms with E-state index in [4.69, 9.17) is 0 Å². The van der Waals surface area contributed by atoms with Gasteiger partial charge in [-0.1, -0.05) is 42.5 Å². The lowest BCUT2D eigenvalue weighted by molar-refractivity contribution is -0.151. The fourth-order valence-corrected chi connectivity index (χ4v) is 5.53. The number of pyridine rings is 1. The Kier molecular flexibility index (Phi) is 5.92. The molecule has 0 saturated carbocycles. The molecule has 1 N–H and O–H groups in total. The zero-order chi connectivity index (χ0) is 23.8. The highest BCUT2D eigenvalue weighted by molar-refractivity contribution is 5.94. The van der Waals surface area contributed by atoms with Crippen LogP contribution in [0.3, 0.4) is 0 Å². The molecule has 174 valence electrons. The molecule has 3 heterocycles. The summed E-state index contributed by atoms with van der Waals surface area (Å²) in [6.07, 6.45) is 3.67. The molecule has 4 atom stereocenters. The van der Waals surface area contributed by atoms with E-state index < -0.39 is 18.1 Å². The first-order valence-electron chi connectivity index (χ1n) is 11.8. The van der Waals surface area contributed by atoms with Crippen molar-refractivity contribution in [2.75, 3.05) is 13.6 Å². The number of hydrogen-bond donors (Lipinski definition) is 1. The first-order chi connectivity index (χ1) is 16.5. The summed E-state index contributed by atoms with van der Waals surface area (Å²) < 4.78 is 0. The summed E-state index contributed by atoms with van der Waals surface area (Å²) in [4.78, 5) is 34.5. The Morgan fingerprint density at radius 3 is 2.62 bits per heavy atom. The minimum atomic E-state index is -0.861. The summed E-state index contributed by atoms with van der Waals surface area (Å²) >= 11 is 0. The van der Waals surface area contributed by atoms with E-state index in [1.54, 1.807) is 37.2 Å². The van der Waals surface area contributed by atoms with Crippen molar-refractivity contribution in [2.24, 2.45) is 5.92 Å². The molecule has 2 amide bonds. The van der Waals surface area contributed by atoms with Gasteiger partial charge < -0.3 is 14.9 Å². The molecule has 1 saturated heterocycles. The largest absolute Gasteiger partial charge is 0.393 e. The van der Waals surface area contributed by atoms with Gasteiger partial charge in [0.25, 0.3) is 5.91 Å². The first-order valence-corrected chi connectivity index (χ1v) is 11.8. The Balaban J connectivity index is 1.52. The van der Waals surface area contributed by atoms with E-state index in [0.717, 1.165) is 23.1 Å². The van der Waals surface area contributed by atoms with Crippen molar-refractivity contribution < 1.29 is 14.7 Å². The Hall–Kier alpha value is -3.51. The van der Waals surface area contributed by atoms with Crippen LogP contribution in [0.15, 0.2) is 73.1 Å². The van der Waals surface area contributed by atoms with Gasteiger partial charge in [-0.15, -0.1) is 0 Å². The van der Waals surface area contributed by atoms with Crippen LogP contribution in [-0.4, -0.2) is 57.4 Å². The van der Waals surface area contributed by atoms with E-state index in [0.29, 0.717) is 18.5 Å². The number of benzene rings is 2. The number of fused-ring (bicyclic) bond motifs is 3. The fraction of sp³-hybridized carbons (Fsp3) is 0.321. The van der Waals surface area contributed by atoms with Gasteiger partial charge in [0, 0.05) is 32.0 Å². The van der Waals surface area contributed by atoms with Crippen LogP contribution in [0.25, 0.3) is 11.1 Å². The van der Waals surface area contributed by atoms with Crippen molar-refractivity contribution in [1.82, 2.24) is 14.8 Å². The molecule has 2 aromatic carbocycles. The summed E-state index contributed by atoms with van der Waals surface area (Å²) in [5.41, 5.74) is 5.09. The minimum absolute atomic E-state index is 0.0853. The predicted molar refractivity (Wildman–Crippen MR) is 130 cm³/mol. The van der Waals surface area contributed by atoms with Gasteiger partial charge in [-0.2, -0.15) is 0 Å². The van der Waals surface area contributed by atoms with E-state index in [9.17, 15) is 14.7 Å². The molecule has 0 aliphatic carbocycles. The molecule has 3 aromatic rings. The number of hydrogen-bond acceptors (Lipinski definition) is 4. The third-order valence-electron chi connectivity index (χ3n) is 7.30. The van der Waals surface area contributed by atoms with Crippen LogP contribution in [0.4, 0.5) is 0 Å². The number of carbonyl (C=O) groups is 2. The van der Waals surface area contributed by atoms with Gasteiger partial charge in [-0.05, 0) is 60.2 Å². The van der Waals surface area contributed by atoms with E-state index >= 15 is 0 Å². The summed E-state index contributed by atoms with van der Waals surface area (Å²) in [5.74, 6) is -0.947. The highest BCUT2D eigenvalue weighted by Gasteiger charge is 2.48. The minimum Gasteiger partial charge on any atom is -0.393 e. The van der Waals surface area contributed by atoms with Crippen molar-refractivity contribution in [3.63, 3.8) is 0 Å². The van der Waals surface area contributed by atoms with Crippen LogP contribution >= 0.6 is 0 Å². The van der Waals surface area contributed by atoms with E-state index in [-0.39, 0.29) is 17.9 Å². The summed E-state index contributed by atoms with van der Waals surface area (Å²) in [7, 11) is 1.72. The van der Waals surface area contributed by atoms with Crippen molar-refractivity contribution in [3.05, 3.63) is 89.7 Å². The smallest absolute Gasteiger partial charge is 0.255 e. The van der Waals surface area contributed by atoms with Crippen molar-refractivity contribution in [2.45, 2.75) is 38.0 Å². The van der Waals surface area contributed by atoms with E-state index in [2.05, 4.69) is 35.3 Å². The highest BCUT2D eigenvalue weighted by atomic mass is 16.3. The van der Waals surface area contributed by atoms with Crippen LogP contribution in [0.1, 0.15) is 40.9 Å². The standard InChI is InChI=1S/C28H29N3O3/c1-18(32)26-25(30(2)27(33)22-9-6-13-29-17-22)16-24-23-15-21(19-7-4-3-5-8-19)11-10-20(23)12-14-31(24)28(26)34/h3-11,13,15,17-18,24-26,32H,12,14,16H2,1-2H3/t18-,24-,25-,26-/m0/s1. The molecule has 0 spiro atoms. The molecule has 34 heavy (non-hydrogen) atoms. The summed E-state index contributed by atoms with van der Waals surface area (Å²) in [6.45, 7) is 2.26. The quantitative estimate of drug-likeness (QED) is 0.651. The average molecular weight is 456 g/mol. The Morgan fingerprint density at radius 1 is 1.12 bits per heavy atom. The lowest BCUT2D eigenvalue weighted by Gasteiger charge is -2.49. The molecular weight excluding hydrogens is 426 g/mol. The van der Waals surface area contributed by atoms with Crippen LogP contribution < -0.4 is 0 Å². The number of aliphatic hydroxyl groups excluding tert-OH is 1. The average Bonchev–Trinajstić information content (AvgIpc) is 2.88. The van der Waals surface area contributed by atoms with Gasteiger partial charge in [-0.25, -0.2) is 0 Å². The van der Waals surface area contributed by atoms with Gasteiger partial charge in [0.2, 0.25) is 5.91 Å². The van der Waals surface area contributed by atoms with Crippen LogP contribution in [0, 0.1) is 5.92 Å². The van der Waals surface area contributed by atoms with Crippen molar-refractivity contribution >= 4 is 11.8 Å². The monoisotopic (exact) mass is 455 g/mol. The second-order valence-corrected chi connectivity index (χ2v) is 9.30. The fourth-order valence-electron chi connectivity index (χ4n) is 5.53. The van der Waals surface area contributed by atoms with E-state index in [1.807, 2.05) is 23.1 Å². The normalized spacial score (nSPS) is 22.5. The number of piperidine rings is 1. The van der Waals surface area contributed by atoms with Crippen LogP contribution in [0.5, 0.6) is 0 Å². The van der Waals surface area contributed by atoms with Gasteiger partial charge in [0.1, 0.15) is 0 Å². The van der Waals surface area contributed by atoms with Gasteiger partial charge in [0.05, 0.1) is 23.6 Å². The van der Waals surface area contributed by atoms with Crippen LogP contribution in [-0.2, 0) is 11.2 Å². The number of carbonyl (C=O) groups excluding carboxylic acids is 2. The predicted octanol–water partition coefficient (Wildman–Crippen LogP) is 3.72. The molecular formula is C28H29N3O3. The summed E-state index contributed by atoms with van der Waals surface area (Å²) in [6, 6.07) is 19.6. The molecule has 2 aliphatic rings. The van der Waals surface area contributed by atoms with Gasteiger partial charge >= 0.3 is 0 Å². The highest BCUT2D eigenvalue weighted by Crippen LogP contribution is 2.43. The molecule has 5 rings (SSSR count). The van der Waals surface area contributed by atoms with Gasteiger partial charge in [0.15, 0.2) is 0 Å². The second kappa shape index (κ2) is 9.03. The third kappa shape index (κ3) is 3.88. The number of amides is 2. The molecule has 6 heteroatoms. The SMILES string of the molecule is C[C@H](O)[C@@H]1C(=O)N2CCc3ccc(-c4ccccc4)cc3[C@@H]2C[C@@H]1N(C)C(=O)c1cccnc1. The number of aromatic nitrogens is 1. The molecule has 6 nitrogen and oxygen atoms in total. The Labute approximate surface area is 199 Å². The summed E-state index contributed by atoms with van der Waals surface area (Å²) in [5, 5.41) is 10.6. The molecule has 0 radical (unpaired) electrons. The Morgan fingerprint density at radius 2 is 1.91 bits per heavy atom. The van der Waals surface area contributed by atoms with E-state index in [1.165, 1.54) is 11.8 Å². The van der Waals surface area contributed by atoms with Gasteiger partial charge in [-0.3, -0.25) is 14.6 Å². The molecule has 1 aromatic heterocycles. The molecule has 0 bridgehead atoms. The zero-order valence-electron chi connectivity index (χ0n) is 19.5. The lowest BCUT2D eigenvalue weighted by Crippen LogP contribution is -2.59. The maximum Gasteiger partial charge on any atom is 0.255 e. The molecule has 0 unspecified atom stereocenters. The lowest BCUT2D eigenvalue weighted by atomic mass is 9.77. The maximum absolute atomic E-state index is 13.7. The number of aliphatic hydroxyl groups is 1. The molecule has 2 aliphatic heterocycles. The zero-order valence-corrected chi connectivity index (χ0v) is 19.5. The molecule has 1 fully saturated rings. The second-order valence-electron chi connectivity index (χ2n) is 9.30. The number of rotatable bonds is 4. The topological polar surface area (TPSA) is 73.7 Å².